The lowest BCUT2D eigenvalue weighted by molar-refractivity contribution is -0.118. The Morgan fingerprint density at radius 3 is 3.00 bits per heavy atom. The summed E-state index contributed by atoms with van der Waals surface area (Å²) in [6.45, 7) is 0.0514. The number of thiazole rings is 1. The molecule has 1 aromatic heterocycles. The van der Waals surface area contributed by atoms with E-state index in [1.54, 1.807) is 6.21 Å². The highest BCUT2D eigenvalue weighted by atomic mass is 32.1. The van der Waals surface area contributed by atoms with Gasteiger partial charge in [0, 0.05) is 10.9 Å². The molecule has 2 heterocycles. The molecule has 2 N–H and O–H groups in total. The number of nitrogens with zero attached hydrogens (tertiary/aromatic N) is 2. The zero-order valence-electron chi connectivity index (χ0n) is 13.1. The monoisotopic (exact) mass is 350 g/mol. The number of fused-ring (bicyclic) bond motifs is 1. The molecular formula is C18H14N4O2S. The van der Waals surface area contributed by atoms with Gasteiger partial charge in [-0.2, -0.15) is 5.10 Å². The summed E-state index contributed by atoms with van der Waals surface area (Å²) in [5.74, 6) is 0.507. The molecule has 25 heavy (non-hydrogen) atoms. The van der Waals surface area contributed by atoms with Gasteiger partial charge in [-0.1, -0.05) is 30.3 Å². The van der Waals surface area contributed by atoms with Gasteiger partial charge >= 0.3 is 0 Å². The van der Waals surface area contributed by atoms with Gasteiger partial charge in [-0.25, -0.2) is 4.98 Å². The second kappa shape index (κ2) is 6.74. The third-order valence-corrected chi connectivity index (χ3v) is 4.33. The quantitative estimate of drug-likeness (QED) is 0.557. The Hall–Kier alpha value is -3.19. The van der Waals surface area contributed by atoms with Crippen LogP contribution < -0.4 is 15.5 Å². The first-order valence-corrected chi connectivity index (χ1v) is 8.53. The van der Waals surface area contributed by atoms with Crippen LogP contribution in [0.15, 0.2) is 59.0 Å². The van der Waals surface area contributed by atoms with Crippen LogP contribution in [0.2, 0.25) is 0 Å². The number of nitrogens with one attached hydrogen (secondary N) is 2. The van der Waals surface area contributed by atoms with Crippen LogP contribution in [0.25, 0.3) is 11.3 Å². The minimum Gasteiger partial charge on any atom is -0.482 e. The molecule has 0 saturated heterocycles. The van der Waals surface area contributed by atoms with E-state index in [0.29, 0.717) is 16.6 Å². The lowest BCUT2D eigenvalue weighted by atomic mass is 10.2. The molecular weight excluding hydrogens is 336 g/mol. The summed E-state index contributed by atoms with van der Waals surface area (Å²) < 4.78 is 5.33. The number of ether oxygens (including phenoxy) is 1. The van der Waals surface area contributed by atoms with E-state index in [1.165, 1.54) is 11.3 Å². The van der Waals surface area contributed by atoms with Crippen molar-refractivity contribution in [3.8, 4) is 17.0 Å². The number of hydrazone groups is 1. The molecule has 124 valence electrons. The van der Waals surface area contributed by atoms with Gasteiger partial charge in [0.2, 0.25) is 5.13 Å². The lowest BCUT2D eigenvalue weighted by Gasteiger charge is -2.17. The Morgan fingerprint density at radius 2 is 2.12 bits per heavy atom. The van der Waals surface area contributed by atoms with Crippen LogP contribution in [0.5, 0.6) is 5.75 Å². The number of hydrogen-bond acceptors (Lipinski definition) is 6. The highest BCUT2D eigenvalue weighted by molar-refractivity contribution is 7.14. The fourth-order valence-corrected chi connectivity index (χ4v) is 3.08. The first-order valence-electron chi connectivity index (χ1n) is 7.65. The van der Waals surface area contributed by atoms with Crippen molar-refractivity contribution in [2.24, 2.45) is 5.10 Å². The Balaban J connectivity index is 1.44. The molecule has 1 amide bonds. The second-order valence-corrected chi connectivity index (χ2v) is 6.22. The maximum Gasteiger partial charge on any atom is 0.262 e. The van der Waals surface area contributed by atoms with Crippen LogP contribution >= 0.6 is 11.3 Å². The molecule has 1 aliphatic heterocycles. The minimum atomic E-state index is -0.157. The molecule has 0 spiro atoms. The van der Waals surface area contributed by atoms with Crippen LogP contribution in [0.1, 0.15) is 5.56 Å². The predicted octanol–water partition coefficient (Wildman–Crippen LogP) is 3.59. The standard InChI is InChI=1S/C18H14N4O2S/c23-17-10-24-16-7-6-12(8-14(16)20-17)9-19-22-18-21-15(11-25-18)13-4-2-1-3-5-13/h1-9,11H,10H2,(H,20,23)(H,21,22). The van der Waals surface area contributed by atoms with Crippen molar-refractivity contribution in [1.82, 2.24) is 4.98 Å². The van der Waals surface area contributed by atoms with Crippen molar-refractivity contribution < 1.29 is 9.53 Å². The molecule has 6 nitrogen and oxygen atoms in total. The average molecular weight is 350 g/mol. The second-order valence-electron chi connectivity index (χ2n) is 5.37. The Morgan fingerprint density at radius 1 is 1.24 bits per heavy atom. The van der Waals surface area contributed by atoms with E-state index in [0.717, 1.165) is 16.8 Å². The molecule has 0 bridgehead atoms. The number of amides is 1. The topological polar surface area (TPSA) is 75.6 Å². The molecule has 0 saturated carbocycles. The van der Waals surface area contributed by atoms with E-state index in [-0.39, 0.29) is 12.5 Å². The van der Waals surface area contributed by atoms with Crippen molar-refractivity contribution in [2.45, 2.75) is 0 Å². The molecule has 0 atom stereocenters. The highest BCUT2D eigenvalue weighted by Gasteiger charge is 2.15. The molecule has 4 rings (SSSR count). The van der Waals surface area contributed by atoms with Gasteiger partial charge in [-0.15, -0.1) is 11.3 Å². The Labute approximate surface area is 148 Å². The average Bonchev–Trinajstić information content (AvgIpc) is 3.11. The molecule has 7 heteroatoms. The summed E-state index contributed by atoms with van der Waals surface area (Å²) in [6.07, 6.45) is 1.67. The number of hydrogen-bond donors (Lipinski definition) is 2. The summed E-state index contributed by atoms with van der Waals surface area (Å²) in [4.78, 5) is 15.9. The summed E-state index contributed by atoms with van der Waals surface area (Å²) in [7, 11) is 0. The molecule has 1 aliphatic rings. The third kappa shape index (κ3) is 3.51. The SMILES string of the molecule is O=C1COc2ccc(C=NNc3nc(-c4ccccc4)cs3)cc2N1. The number of aromatic nitrogens is 1. The third-order valence-electron chi connectivity index (χ3n) is 3.58. The van der Waals surface area contributed by atoms with Crippen molar-refractivity contribution in [3.05, 3.63) is 59.5 Å². The van der Waals surface area contributed by atoms with Gasteiger partial charge in [0.15, 0.2) is 6.61 Å². The normalized spacial score (nSPS) is 13.2. The zero-order valence-corrected chi connectivity index (χ0v) is 13.9. The first-order chi connectivity index (χ1) is 12.3. The lowest BCUT2D eigenvalue weighted by Crippen LogP contribution is -2.25. The van der Waals surface area contributed by atoms with Gasteiger partial charge < -0.3 is 10.1 Å². The Kier molecular flexibility index (Phi) is 4.14. The van der Waals surface area contributed by atoms with Gasteiger partial charge in [-0.05, 0) is 23.8 Å². The molecule has 3 aromatic rings. The number of anilines is 2. The molecule has 0 fully saturated rings. The van der Waals surface area contributed by atoms with Gasteiger partial charge in [0.25, 0.3) is 5.91 Å². The Bertz CT molecular complexity index is 937. The van der Waals surface area contributed by atoms with Crippen LogP contribution in [0.3, 0.4) is 0 Å². The number of carbonyl (C=O) groups is 1. The van der Waals surface area contributed by atoms with E-state index < -0.39 is 0 Å². The van der Waals surface area contributed by atoms with Crippen LogP contribution in [-0.4, -0.2) is 23.7 Å². The number of benzene rings is 2. The van der Waals surface area contributed by atoms with Gasteiger partial charge in [0.1, 0.15) is 5.75 Å². The smallest absolute Gasteiger partial charge is 0.262 e. The summed E-state index contributed by atoms with van der Waals surface area (Å²) >= 11 is 1.49. The summed E-state index contributed by atoms with van der Waals surface area (Å²) in [6, 6.07) is 15.5. The molecule has 2 aromatic carbocycles. The minimum absolute atomic E-state index is 0.0514. The van der Waals surface area contributed by atoms with Gasteiger partial charge in [-0.3, -0.25) is 10.2 Å². The van der Waals surface area contributed by atoms with E-state index in [9.17, 15) is 4.79 Å². The highest BCUT2D eigenvalue weighted by Crippen LogP contribution is 2.28. The maximum absolute atomic E-state index is 11.4. The molecule has 0 unspecified atom stereocenters. The predicted molar refractivity (Wildman–Crippen MR) is 99.3 cm³/mol. The van der Waals surface area contributed by atoms with E-state index >= 15 is 0 Å². The van der Waals surface area contributed by atoms with E-state index in [1.807, 2.05) is 53.9 Å². The first kappa shape index (κ1) is 15.3. The maximum atomic E-state index is 11.4. The van der Waals surface area contributed by atoms with Crippen molar-refractivity contribution in [2.75, 3.05) is 17.3 Å². The van der Waals surface area contributed by atoms with Crippen LogP contribution in [0, 0.1) is 0 Å². The fourth-order valence-electron chi connectivity index (χ4n) is 2.41. The largest absolute Gasteiger partial charge is 0.482 e. The van der Waals surface area contributed by atoms with E-state index in [4.69, 9.17) is 4.74 Å². The van der Waals surface area contributed by atoms with Crippen LogP contribution in [0.4, 0.5) is 10.8 Å². The number of carbonyl (C=O) groups excluding carboxylic acids is 1. The van der Waals surface area contributed by atoms with Gasteiger partial charge in [0.05, 0.1) is 17.6 Å². The van der Waals surface area contributed by atoms with Crippen molar-refractivity contribution in [3.63, 3.8) is 0 Å². The zero-order chi connectivity index (χ0) is 17.1. The summed E-state index contributed by atoms with van der Waals surface area (Å²) in [5, 5.41) is 9.68. The fraction of sp³-hybridized carbons (Fsp3) is 0.0556. The van der Waals surface area contributed by atoms with Crippen molar-refractivity contribution in [1.29, 1.82) is 0 Å². The van der Waals surface area contributed by atoms with E-state index in [2.05, 4.69) is 20.8 Å². The van der Waals surface area contributed by atoms with Crippen LogP contribution in [-0.2, 0) is 4.79 Å². The molecule has 0 radical (unpaired) electrons. The summed E-state index contributed by atoms with van der Waals surface area (Å²) in [5.41, 5.74) is 6.41. The van der Waals surface area contributed by atoms with Crippen molar-refractivity contribution >= 4 is 34.3 Å². The molecule has 0 aliphatic carbocycles. The number of rotatable bonds is 4.